The average molecular weight is 523 g/mol. The topological polar surface area (TPSA) is 43.4 Å². The van der Waals surface area contributed by atoms with E-state index in [2.05, 4.69) is 20.8 Å². The van der Waals surface area contributed by atoms with Crippen LogP contribution in [-0.2, 0) is 14.3 Å². The summed E-state index contributed by atoms with van der Waals surface area (Å²) >= 11 is 0. The highest BCUT2D eigenvalue weighted by Gasteiger charge is 2.12. The summed E-state index contributed by atoms with van der Waals surface area (Å²) in [6, 6.07) is 0. The van der Waals surface area contributed by atoms with E-state index in [9.17, 15) is 9.59 Å². The molecule has 0 aliphatic heterocycles. The van der Waals surface area contributed by atoms with Crippen LogP contribution in [0, 0.1) is 5.92 Å². The zero-order chi connectivity index (χ0) is 27.2. The minimum Gasteiger partial charge on any atom is -0.465 e. The van der Waals surface area contributed by atoms with Crippen molar-refractivity contribution >= 4 is 11.8 Å². The molecule has 0 radical (unpaired) electrons. The molecule has 0 aromatic carbocycles. The van der Waals surface area contributed by atoms with Crippen LogP contribution in [0.15, 0.2) is 0 Å². The zero-order valence-electron chi connectivity index (χ0n) is 25.6. The fraction of sp³-hybridized carbons (Fsp3) is 0.941. The number of ketones is 1. The lowest BCUT2D eigenvalue weighted by Crippen LogP contribution is -2.14. The summed E-state index contributed by atoms with van der Waals surface area (Å²) in [4.78, 5) is 24.4. The van der Waals surface area contributed by atoms with Crippen molar-refractivity contribution in [1.29, 1.82) is 0 Å². The number of rotatable bonds is 30. The van der Waals surface area contributed by atoms with Gasteiger partial charge in [-0.3, -0.25) is 9.59 Å². The lowest BCUT2D eigenvalue weighted by Gasteiger charge is -2.17. The predicted octanol–water partition coefficient (Wildman–Crippen LogP) is 11.3. The van der Waals surface area contributed by atoms with E-state index in [0.717, 1.165) is 44.9 Å². The van der Waals surface area contributed by atoms with E-state index in [0.29, 0.717) is 24.7 Å². The minimum atomic E-state index is -0.0210. The van der Waals surface area contributed by atoms with Gasteiger partial charge in [-0.1, -0.05) is 143 Å². The second-order valence-corrected chi connectivity index (χ2v) is 11.6. The van der Waals surface area contributed by atoms with Crippen molar-refractivity contribution in [2.45, 2.75) is 194 Å². The van der Waals surface area contributed by atoms with E-state index in [1.807, 2.05) is 0 Å². The maximum Gasteiger partial charge on any atom is 0.305 e. The number of carbonyl (C=O) groups excluding carboxylic acids is 2. The van der Waals surface area contributed by atoms with Crippen molar-refractivity contribution in [2.24, 2.45) is 5.92 Å². The highest BCUT2D eigenvalue weighted by atomic mass is 16.5. The third-order valence-corrected chi connectivity index (χ3v) is 7.81. The van der Waals surface area contributed by atoms with Crippen molar-refractivity contribution in [2.75, 3.05) is 6.61 Å². The van der Waals surface area contributed by atoms with Gasteiger partial charge in [-0.15, -0.1) is 0 Å². The van der Waals surface area contributed by atoms with Crippen molar-refractivity contribution in [3.05, 3.63) is 0 Å². The molecule has 0 N–H and O–H groups in total. The molecule has 0 bridgehead atoms. The van der Waals surface area contributed by atoms with Gasteiger partial charge in [0.1, 0.15) is 5.78 Å². The predicted molar refractivity (Wildman–Crippen MR) is 161 cm³/mol. The molecule has 0 aliphatic rings. The molecule has 0 aliphatic carbocycles. The van der Waals surface area contributed by atoms with Crippen LogP contribution in [0.2, 0.25) is 0 Å². The molecular formula is C34H66O3. The maximum atomic E-state index is 12.3. The molecule has 0 aromatic rings. The Kier molecular flexibility index (Phi) is 29.0. The van der Waals surface area contributed by atoms with Crippen molar-refractivity contribution in [3.63, 3.8) is 0 Å². The highest BCUT2D eigenvalue weighted by Crippen LogP contribution is 2.20. The molecule has 0 saturated carbocycles. The molecule has 37 heavy (non-hydrogen) atoms. The number of esters is 1. The Morgan fingerprint density at radius 3 is 1.27 bits per heavy atom. The standard InChI is InChI=1S/C34H66O3/c1-4-7-10-13-15-16-18-23-28-33(35)29-24-19-20-25-30-34(36)37-31-32(26-21-12-9-6-3)27-22-17-14-11-8-5-2/h32H,4-31H2,1-3H3. The first-order valence-electron chi connectivity index (χ1n) is 16.8. The molecule has 3 nitrogen and oxygen atoms in total. The summed E-state index contributed by atoms with van der Waals surface area (Å²) in [5.41, 5.74) is 0. The van der Waals surface area contributed by atoms with Crippen LogP contribution in [0.25, 0.3) is 0 Å². The Bertz CT molecular complexity index is 487. The first-order chi connectivity index (χ1) is 18.1. The fourth-order valence-electron chi connectivity index (χ4n) is 5.19. The molecule has 0 aromatic heterocycles. The molecule has 3 heteroatoms. The van der Waals surface area contributed by atoms with Gasteiger partial charge in [0.05, 0.1) is 6.61 Å². The third-order valence-electron chi connectivity index (χ3n) is 7.81. The normalized spacial score (nSPS) is 12.1. The summed E-state index contributed by atoms with van der Waals surface area (Å²) in [6.45, 7) is 7.39. The molecule has 0 heterocycles. The van der Waals surface area contributed by atoms with Gasteiger partial charge >= 0.3 is 5.97 Å². The minimum absolute atomic E-state index is 0.0210. The largest absolute Gasteiger partial charge is 0.465 e. The van der Waals surface area contributed by atoms with Crippen LogP contribution < -0.4 is 0 Å². The molecule has 1 atom stereocenters. The number of hydrogen-bond donors (Lipinski definition) is 0. The lowest BCUT2D eigenvalue weighted by atomic mass is 9.95. The molecule has 220 valence electrons. The number of hydrogen-bond acceptors (Lipinski definition) is 3. The lowest BCUT2D eigenvalue weighted by molar-refractivity contribution is -0.145. The van der Waals surface area contributed by atoms with Crippen molar-refractivity contribution < 1.29 is 14.3 Å². The molecule has 0 fully saturated rings. The summed E-state index contributed by atoms with van der Waals surface area (Å²) in [5.74, 6) is 0.951. The summed E-state index contributed by atoms with van der Waals surface area (Å²) < 4.78 is 5.70. The zero-order valence-corrected chi connectivity index (χ0v) is 25.6. The van der Waals surface area contributed by atoms with Gasteiger partial charge in [-0.2, -0.15) is 0 Å². The Balaban J connectivity index is 3.78. The Hall–Kier alpha value is -0.860. The van der Waals surface area contributed by atoms with Crippen LogP contribution in [0.4, 0.5) is 0 Å². The van der Waals surface area contributed by atoms with Crippen LogP contribution in [0.1, 0.15) is 194 Å². The maximum absolute atomic E-state index is 12.3. The van der Waals surface area contributed by atoms with Gasteiger partial charge in [0, 0.05) is 19.3 Å². The van der Waals surface area contributed by atoms with E-state index in [4.69, 9.17) is 4.74 Å². The summed E-state index contributed by atoms with van der Waals surface area (Å²) in [7, 11) is 0. The molecule has 0 saturated heterocycles. The van der Waals surface area contributed by atoms with Gasteiger partial charge in [0.25, 0.3) is 0 Å². The quantitative estimate of drug-likeness (QED) is 0.0695. The monoisotopic (exact) mass is 523 g/mol. The van der Waals surface area contributed by atoms with Crippen molar-refractivity contribution in [3.8, 4) is 0 Å². The number of Topliss-reactive ketones (excluding diaryl/α,β-unsaturated/α-hetero) is 1. The van der Waals surface area contributed by atoms with Gasteiger partial charge < -0.3 is 4.74 Å². The first-order valence-corrected chi connectivity index (χ1v) is 16.8. The molecular weight excluding hydrogens is 456 g/mol. The SMILES string of the molecule is CCCCCCCCCCC(=O)CCCCCCC(=O)OCC(CCCCCC)CCCCCCCC. The Morgan fingerprint density at radius 2 is 0.811 bits per heavy atom. The van der Waals surface area contributed by atoms with Gasteiger partial charge in [0.2, 0.25) is 0 Å². The highest BCUT2D eigenvalue weighted by molar-refractivity contribution is 5.78. The average Bonchev–Trinajstić information content (AvgIpc) is 2.90. The van der Waals surface area contributed by atoms with E-state index in [1.54, 1.807) is 0 Å². The molecule has 0 rings (SSSR count). The van der Waals surface area contributed by atoms with Crippen molar-refractivity contribution in [1.82, 2.24) is 0 Å². The van der Waals surface area contributed by atoms with Gasteiger partial charge in [-0.25, -0.2) is 0 Å². The summed E-state index contributed by atoms with van der Waals surface area (Å²) in [6.07, 6.45) is 31.8. The van der Waals surface area contributed by atoms with E-state index < -0.39 is 0 Å². The fourth-order valence-corrected chi connectivity index (χ4v) is 5.19. The third kappa shape index (κ3) is 28.0. The van der Waals surface area contributed by atoms with E-state index >= 15 is 0 Å². The van der Waals surface area contributed by atoms with Crippen LogP contribution in [-0.4, -0.2) is 18.4 Å². The molecule has 0 amide bonds. The van der Waals surface area contributed by atoms with Crippen LogP contribution in [0.5, 0.6) is 0 Å². The molecule has 0 spiro atoms. The number of carbonyl (C=O) groups is 2. The second kappa shape index (κ2) is 29.7. The first kappa shape index (κ1) is 36.1. The summed E-state index contributed by atoms with van der Waals surface area (Å²) in [5, 5.41) is 0. The Labute approximate surface area is 232 Å². The smallest absolute Gasteiger partial charge is 0.305 e. The number of ether oxygens (including phenoxy) is 1. The van der Waals surface area contributed by atoms with Gasteiger partial charge in [-0.05, 0) is 38.0 Å². The van der Waals surface area contributed by atoms with E-state index in [-0.39, 0.29) is 5.97 Å². The molecule has 1 unspecified atom stereocenters. The van der Waals surface area contributed by atoms with Crippen LogP contribution >= 0.6 is 0 Å². The second-order valence-electron chi connectivity index (χ2n) is 11.6. The number of unbranched alkanes of at least 4 members (excludes halogenated alkanes) is 18. The Morgan fingerprint density at radius 1 is 0.459 bits per heavy atom. The van der Waals surface area contributed by atoms with Gasteiger partial charge in [0.15, 0.2) is 0 Å². The van der Waals surface area contributed by atoms with E-state index in [1.165, 1.54) is 122 Å². The van der Waals surface area contributed by atoms with Crippen LogP contribution in [0.3, 0.4) is 0 Å².